The monoisotopic (exact) mass is 333 g/mol. The van der Waals surface area contributed by atoms with E-state index in [1.54, 1.807) is 0 Å². The van der Waals surface area contributed by atoms with Gasteiger partial charge in [0.2, 0.25) is 0 Å². The maximum absolute atomic E-state index is 6.38. The number of hydrogen-bond acceptors (Lipinski definition) is 2. The molecule has 0 unspecified atom stereocenters. The van der Waals surface area contributed by atoms with Gasteiger partial charge >= 0.3 is 0 Å². The summed E-state index contributed by atoms with van der Waals surface area (Å²) >= 11 is 0. The highest BCUT2D eigenvalue weighted by Crippen LogP contribution is 2.35. The van der Waals surface area contributed by atoms with Crippen molar-refractivity contribution in [1.29, 1.82) is 0 Å². The van der Waals surface area contributed by atoms with Crippen LogP contribution in [-0.2, 0) is 12.0 Å². The van der Waals surface area contributed by atoms with Crippen LogP contribution in [0, 0.1) is 0 Å². The van der Waals surface area contributed by atoms with Gasteiger partial charge in [-0.2, -0.15) is 0 Å². The Labute approximate surface area is 150 Å². The summed E-state index contributed by atoms with van der Waals surface area (Å²) in [6.07, 6.45) is 4.91. The van der Waals surface area contributed by atoms with Gasteiger partial charge in [0.25, 0.3) is 0 Å². The van der Waals surface area contributed by atoms with Gasteiger partial charge in [-0.1, -0.05) is 74.5 Å². The SMILES string of the molecule is CC(C)c1nccn1CCC(CN)(c1ccccc1)c1ccccc1. The van der Waals surface area contributed by atoms with Crippen LogP contribution in [0.1, 0.15) is 43.1 Å². The second kappa shape index (κ2) is 7.66. The third-order valence-electron chi connectivity index (χ3n) is 5.04. The standard InChI is InChI=1S/C22H27N3/c1-18(2)21-24-14-16-25(21)15-13-22(17-23,19-9-5-3-6-10-19)20-11-7-4-8-12-20/h3-12,14,16,18H,13,15,17,23H2,1-2H3. The second-order valence-corrected chi connectivity index (χ2v) is 6.90. The molecule has 130 valence electrons. The van der Waals surface area contributed by atoms with Crippen LogP contribution in [0.25, 0.3) is 0 Å². The zero-order chi connectivity index (χ0) is 17.7. The smallest absolute Gasteiger partial charge is 0.111 e. The number of nitrogens with two attached hydrogens (primary N) is 1. The lowest BCUT2D eigenvalue weighted by Gasteiger charge is -2.34. The summed E-state index contributed by atoms with van der Waals surface area (Å²) in [6.45, 7) is 5.84. The maximum Gasteiger partial charge on any atom is 0.111 e. The number of nitrogens with zero attached hydrogens (tertiary/aromatic N) is 2. The number of benzene rings is 2. The van der Waals surface area contributed by atoms with Crippen LogP contribution in [0.5, 0.6) is 0 Å². The molecule has 0 bridgehead atoms. The van der Waals surface area contributed by atoms with E-state index in [1.165, 1.54) is 11.1 Å². The predicted octanol–water partition coefficient (Wildman–Crippen LogP) is 4.34. The first-order chi connectivity index (χ1) is 12.2. The predicted molar refractivity (Wildman–Crippen MR) is 104 cm³/mol. The molecule has 0 aliphatic heterocycles. The molecule has 3 rings (SSSR count). The molecule has 0 aliphatic carbocycles. The van der Waals surface area contributed by atoms with E-state index in [0.29, 0.717) is 12.5 Å². The Morgan fingerprint density at radius 3 is 2.00 bits per heavy atom. The van der Waals surface area contributed by atoms with E-state index in [-0.39, 0.29) is 5.41 Å². The van der Waals surface area contributed by atoms with E-state index >= 15 is 0 Å². The summed E-state index contributed by atoms with van der Waals surface area (Å²) in [5.74, 6) is 1.54. The third-order valence-corrected chi connectivity index (χ3v) is 5.04. The quantitative estimate of drug-likeness (QED) is 0.699. The lowest BCUT2D eigenvalue weighted by molar-refractivity contribution is 0.433. The molecule has 0 saturated carbocycles. The van der Waals surface area contributed by atoms with E-state index in [0.717, 1.165) is 18.8 Å². The van der Waals surface area contributed by atoms with Gasteiger partial charge in [-0.05, 0) is 17.5 Å². The third kappa shape index (κ3) is 3.52. The number of rotatable bonds is 7. The minimum atomic E-state index is -0.193. The summed E-state index contributed by atoms with van der Waals surface area (Å²) in [7, 11) is 0. The molecule has 3 aromatic rings. The largest absolute Gasteiger partial charge is 0.335 e. The molecule has 0 radical (unpaired) electrons. The first-order valence-corrected chi connectivity index (χ1v) is 8.99. The molecule has 0 saturated heterocycles. The highest BCUT2D eigenvalue weighted by atomic mass is 15.1. The molecular weight excluding hydrogens is 306 g/mol. The molecule has 0 fully saturated rings. The van der Waals surface area contributed by atoms with Crippen molar-refractivity contribution in [3.05, 3.63) is 90.0 Å². The van der Waals surface area contributed by atoms with Crippen LogP contribution < -0.4 is 5.73 Å². The Hall–Kier alpha value is -2.39. The van der Waals surface area contributed by atoms with E-state index in [9.17, 15) is 0 Å². The van der Waals surface area contributed by atoms with Crippen molar-refractivity contribution < 1.29 is 0 Å². The van der Waals surface area contributed by atoms with Gasteiger partial charge in [0, 0.05) is 36.8 Å². The molecule has 3 heteroatoms. The number of hydrogen-bond donors (Lipinski definition) is 1. The fourth-order valence-corrected chi connectivity index (χ4v) is 3.63. The molecule has 0 aliphatic rings. The normalized spacial score (nSPS) is 11.8. The first-order valence-electron chi connectivity index (χ1n) is 8.99. The van der Waals surface area contributed by atoms with Gasteiger partial charge in [-0.15, -0.1) is 0 Å². The van der Waals surface area contributed by atoms with Crippen molar-refractivity contribution in [1.82, 2.24) is 9.55 Å². The van der Waals surface area contributed by atoms with Crippen molar-refractivity contribution in [3.8, 4) is 0 Å². The summed E-state index contributed by atoms with van der Waals surface area (Å²) in [5.41, 5.74) is 8.74. The van der Waals surface area contributed by atoms with Crippen molar-refractivity contribution in [2.24, 2.45) is 5.73 Å². The van der Waals surface area contributed by atoms with Crippen molar-refractivity contribution >= 4 is 0 Å². The molecule has 3 nitrogen and oxygen atoms in total. The molecule has 0 amide bonds. The Morgan fingerprint density at radius 2 is 1.52 bits per heavy atom. The molecule has 1 aromatic heterocycles. The van der Waals surface area contributed by atoms with Gasteiger partial charge in [0.05, 0.1) is 0 Å². The number of aromatic nitrogens is 2. The molecule has 2 aromatic carbocycles. The lowest BCUT2D eigenvalue weighted by atomic mass is 9.72. The Morgan fingerprint density at radius 1 is 0.960 bits per heavy atom. The number of imidazole rings is 1. The first kappa shape index (κ1) is 17.4. The zero-order valence-corrected chi connectivity index (χ0v) is 15.1. The summed E-state index contributed by atoms with van der Waals surface area (Å²) in [4.78, 5) is 4.52. The van der Waals surface area contributed by atoms with E-state index < -0.39 is 0 Å². The van der Waals surface area contributed by atoms with Crippen LogP contribution in [0.2, 0.25) is 0 Å². The summed E-state index contributed by atoms with van der Waals surface area (Å²) in [6, 6.07) is 21.3. The van der Waals surface area contributed by atoms with Crippen LogP contribution in [0.15, 0.2) is 73.1 Å². The lowest BCUT2D eigenvalue weighted by Crippen LogP contribution is -2.37. The average Bonchev–Trinajstić information content (AvgIpc) is 3.13. The summed E-state index contributed by atoms with van der Waals surface area (Å²) in [5, 5.41) is 0. The van der Waals surface area contributed by atoms with Gasteiger partial charge < -0.3 is 10.3 Å². The van der Waals surface area contributed by atoms with Crippen molar-refractivity contribution in [3.63, 3.8) is 0 Å². The van der Waals surface area contributed by atoms with Gasteiger partial charge in [-0.25, -0.2) is 4.98 Å². The highest BCUT2D eigenvalue weighted by Gasteiger charge is 2.32. The minimum absolute atomic E-state index is 0.193. The molecular formula is C22H27N3. The van der Waals surface area contributed by atoms with Crippen LogP contribution in [-0.4, -0.2) is 16.1 Å². The Kier molecular flexibility index (Phi) is 5.34. The van der Waals surface area contributed by atoms with Gasteiger partial charge in [-0.3, -0.25) is 0 Å². The average molecular weight is 333 g/mol. The molecule has 2 N–H and O–H groups in total. The fraction of sp³-hybridized carbons (Fsp3) is 0.318. The summed E-state index contributed by atoms with van der Waals surface area (Å²) < 4.78 is 2.26. The van der Waals surface area contributed by atoms with E-state index in [2.05, 4.69) is 90.3 Å². The fourth-order valence-electron chi connectivity index (χ4n) is 3.63. The van der Waals surface area contributed by atoms with E-state index in [1.807, 2.05) is 6.20 Å². The van der Waals surface area contributed by atoms with Gasteiger partial charge in [0.15, 0.2) is 0 Å². The topological polar surface area (TPSA) is 43.8 Å². The Balaban J connectivity index is 1.98. The van der Waals surface area contributed by atoms with Crippen LogP contribution in [0.3, 0.4) is 0 Å². The van der Waals surface area contributed by atoms with Crippen molar-refractivity contribution in [2.75, 3.05) is 6.54 Å². The maximum atomic E-state index is 6.38. The minimum Gasteiger partial charge on any atom is -0.335 e. The second-order valence-electron chi connectivity index (χ2n) is 6.90. The molecule has 25 heavy (non-hydrogen) atoms. The molecule has 1 heterocycles. The highest BCUT2D eigenvalue weighted by molar-refractivity contribution is 5.39. The van der Waals surface area contributed by atoms with Crippen molar-refractivity contribution in [2.45, 2.75) is 38.1 Å². The molecule has 0 atom stereocenters. The zero-order valence-electron chi connectivity index (χ0n) is 15.1. The Bertz CT molecular complexity index is 736. The number of aryl methyl sites for hydroxylation is 1. The van der Waals surface area contributed by atoms with E-state index in [4.69, 9.17) is 5.73 Å². The van der Waals surface area contributed by atoms with Crippen LogP contribution in [0.4, 0.5) is 0 Å². The molecule has 0 spiro atoms. The van der Waals surface area contributed by atoms with Crippen LogP contribution >= 0.6 is 0 Å². The van der Waals surface area contributed by atoms with Gasteiger partial charge in [0.1, 0.15) is 5.82 Å².